The van der Waals surface area contributed by atoms with Crippen molar-refractivity contribution in [2.24, 2.45) is 0 Å². The van der Waals surface area contributed by atoms with Crippen LogP contribution in [0.4, 0.5) is 5.69 Å². The van der Waals surface area contributed by atoms with Crippen molar-refractivity contribution >= 4 is 43.9 Å². The predicted octanol–water partition coefficient (Wildman–Crippen LogP) is 1.14. The van der Waals surface area contributed by atoms with Crippen LogP contribution in [0.1, 0.15) is 5.69 Å². The van der Waals surface area contributed by atoms with Crippen LogP contribution in [0.5, 0.6) is 0 Å². The molecular formula is C19H20N4O6S2. The van der Waals surface area contributed by atoms with Gasteiger partial charge < -0.3 is 14.8 Å². The number of carbonyl (C=O) groups excluding carboxylic acids is 2. The van der Waals surface area contributed by atoms with E-state index in [9.17, 15) is 18.0 Å². The first-order valence-electron chi connectivity index (χ1n) is 9.46. The molecule has 1 saturated heterocycles. The highest BCUT2D eigenvalue weighted by Crippen LogP contribution is 2.20. The standard InChI is InChI=1S/C19H20N4O6S2/c24-17(13-29-18(25)11-15-12-22-6-9-30-19(22)21-15)20-14-2-1-3-16(10-14)31(26,27)23-4-7-28-8-5-23/h1-3,6,9-10,12H,4-5,7-8,11,13H2,(H,20,24). The molecule has 31 heavy (non-hydrogen) atoms. The van der Waals surface area contributed by atoms with E-state index in [1.807, 2.05) is 11.6 Å². The van der Waals surface area contributed by atoms with Crippen molar-refractivity contribution in [3.8, 4) is 0 Å². The Morgan fingerprint density at radius 1 is 1.26 bits per heavy atom. The smallest absolute Gasteiger partial charge is 0.312 e. The van der Waals surface area contributed by atoms with E-state index in [0.717, 1.165) is 4.96 Å². The minimum absolute atomic E-state index is 0.0467. The minimum Gasteiger partial charge on any atom is -0.455 e. The maximum atomic E-state index is 12.7. The van der Waals surface area contributed by atoms with E-state index in [-0.39, 0.29) is 24.4 Å². The van der Waals surface area contributed by atoms with Gasteiger partial charge in [0.25, 0.3) is 5.91 Å². The molecule has 164 valence electrons. The summed E-state index contributed by atoms with van der Waals surface area (Å²) in [7, 11) is -3.68. The van der Waals surface area contributed by atoms with Gasteiger partial charge in [0.15, 0.2) is 11.6 Å². The Kier molecular flexibility index (Phi) is 6.32. The van der Waals surface area contributed by atoms with E-state index in [1.54, 1.807) is 22.7 Å². The molecule has 0 aliphatic carbocycles. The highest BCUT2D eigenvalue weighted by molar-refractivity contribution is 7.89. The van der Waals surface area contributed by atoms with E-state index >= 15 is 0 Å². The summed E-state index contributed by atoms with van der Waals surface area (Å²) in [6.45, 7) is 0.769. The molecule has 10 nitrogen and oxygen atoms in total. The van der Waals surface area contributed by atoms with Gasteiger partial charge in [0.05, 0.1) is 30.2 Å². The lowest BCUT2D eigenvalue weighted by molar-refractivity contribution is -0.146. The van der Waals surface area contributed by atoms with Gasteiger partial charge in [-0.05, 0) is 18.2 Å². The first-order chi connectivity index (χ1) is 14.9. The van der Waals surface area contributed by atoms with Gasteiger partial charge in [0.2, 0.25) is 10.0 Å². The second-order valence-corrected chi connectivity index (χ2v) is 9.57. The molecule has 3 aromatic rings. The monoisotopic (exact) mass is 464 g/mol. The van der Waals surface area contributed by atoms with Gasteiger partial charge in [0.1, 0.15) is 0 Å². The third kappa shape index (κ3) is 5.10. The molecule has 1 aliphatic rings. The van der Waals surface area contributed by atoms with Gasteiger partial charge in [-0.1, -0.05) is 6.07 Å². The zero-order valence-electron chi connectivity index (χ0n) is 16.4. The molecule has 1 amide bonds. The Morgan fingerprint density at radius 3 is 2.84 bits per heavy atom. The first kappa shape index (κ1) is 21.4. The van der Waals surface area contributed by atoms with Crippen LogP contribution in [0, 0.1) is 0 Å². The molecule has 1 aromatic carbocycles. The minimum atomic E-state index is -3.68. The summed E-state index contributed by atoms with van der Waals surface area (Å²) in [6.07, 6.45) is 3.52. The summed E-state index contributed by atoms with van der Waals surface area (Å²) in [5, 5.41) is 4.44. The molecule has 4 rings (SSSR count). The number of imidazole rings is 1. The Balaban J connectivity index is 1.31. The Hall–Kier alpha value is -2.80. The van der Waals surface area contributed by atoms with Gasteiger partial charge in [-0.3, -0.25) is 14.0 Å². The van der Waals surface area contributed by atoms with Crippen LogP contribution in [-0.2, 0) is 35.5 Å². The van der Waals surface area contributed by atoms with Gasteiger partial charge in [-0.2, -0.15) is 4.31 Å². The highest BCUT2D eigenvalue weighted by atomic mass is 32.2. The fourth-order valence-electron chi connectivity index (χ4n) is 3.07. The number of carbonyl (C=O) groups is 2. The lowest BCUT2D eigenvalue weighted by Gasteiger charge is -2.26. The van der Waals surface area contributed by atoms with E-state index in [4.69, 9.17) is 9.47 Å². The van der Waals surface area contributed by atoms with Crippen molar-refractivity contribution in [2.75, 3.05) is 38.2 Å². The predicted molar refractivity (Wildman–Crippen MR) is 112 cm³/mol. The molecule has 1 aliphatic heterocycles. The molecule has 0 unspecified atom stereocenters. The van der Waals surface area contributed by atoms with Gasteiger partial charge in [0, 0.05) is 36.6 Å². The summed E-state index contributed by atoms with van der Waals surface area (Å²) < 4.78 is 38.8. The lowest BCUT2D eigenvalue weighted by atomic mass is 10.3. The third-order valence-corrected chi connectivity index (χ3v) is 7.22. The average molecular weight is 465 g/mol. The van der Waals surface area contributed by atoms with Crippen LogP contribution in [-0.4, -0.2) is 66.9 Å². The van der Waals surface area contributed by atoms with Crippen molar-refractivity contribution in [3.63, 3.8) is 0 Å². The number of sulfonamides is 1. The zero-order valence-corrected chi connectivity index (χ0v) is 18.0. The molecule has 1 fully saturated rings. The van der Waals surface area contributed by atoms with Gasteiger partial charge >= 0.3 is 5.97 Å². The number of thiazole rings is 1. The number of hydrogen-bond donors (Lipinski definition) is 1. The SMILES string of the molecule is O=C(COC(=O)Cc1cn2ccsc2n1)Nc1cccc(S(=O)(=O)N2CCOCC2)c1. The van der Waals surface area contributed by atoms with Crippen LogP contribution in [0.2, 0.25) is 0 Å². The molecule has 0 radical (unpaired) electrons. The van der Waals surface area contributed by atoms with E-state index in [2.05, 4.69) is 10.3 Å². The van der Waals surface area contributed by atoms with Crippen molar-refractivity contribution in [2.45, 2.75) is 11.3 Å². The number of ether oxygens (including phenoxy) is 2. The number of rotatable bonds is 7. The normalized spacial score (nSPS) is 15.1. The number of amides is 1. The summed E-state index contributed by atoms with van der Waals surface area (Å²) in [5.41, 5.74) is 0.850. The largest absolute Gasteiger partial charge is 0.455 e. The maximum Gasteiger partial charge on any atom is 0.312 e. The van der Waals surface area contributed by atoms with Crippen LogP contribution in [0.15, 0.2) is 46.9 Å². The van der Waals surface area contributed by atoms with E-state index in [0.29, 0.717) is 24.6 Å². The van der Waals surface area contributed by atoms with Crippen LogP contribution in [0.25, 0.3) is 4.96 Å². The Morgan fingerprint density at radius 2 is 2.06 bits per heavy atom. The highest BCUT2D eigenvalue weighted by Gasteiger charge is 2.26. The topological polar surface area (TPSA) is 119 Å². The summed E-state index contributed by atoms with van der Waals surface area (Å²) in [4.78, 5) is 29.3. The molecule has 2 aromatic heterocycles. The second kappa shape index (κ2) is 9.14. The molecule has 0 saturated carbocycles. The first-order valence-corrected chi connectivity index (χ1v) is 11.8. The number of benzene rings is 1. The Labute approximate surface area is 182 Å². The lowest BCUT2D eigenvalue weighted by Crippen LogP contribution is -2.40. The number of aromatic nitrogens is 2. The number of nitrogens with zero attached hydrogens (tertiary/aromatic N) is 3. The van der Waals surface area contributed by atoms with E-state index < -0.39 is 28.5 Å². The fourth-order valence-corrected chi connectivity index (χ4v) is 5.25. The zero-order chi connectivity index (χ0) is 21.8. The summed E-state index contributed by atoms with van der Waals surface area (Å²) >= 11 is 1.45. The number of nitrogens with one attached hydrogen (secondary N) is 1. The van der Waals surface area contributed by atoms with Gasteiger partial charge in [-0.15, -0.1) is 11.3 Å². The number of hydrogen-bond acceptors (Lipinski definition) is 8. The van der Waals surface area contributed by atoms with Crippen LogP contribution >= 0.6 is 11.3 Å². The molecular weight excluding hydrogens is 444 g/mol. The third-order valence-electron chi connectivity index (χ3n) is 4.56. The van der Waals surface area contributed by atoms with E-state index in [1.165, 1.54) is 27.8 Å². The molecule has 1 N–H and O–H groups in total. The number of esters is 1. The van der Waals surface area contributed by atoms with Crippen molar-refractivity contribution < 1.29 is 27.5 Å². The average Bonchev–Trinajstić information content (AvgIpc) is 3.35. The van der Waals surface area contributed by atoms with Crippen LogP contribution in [0.3, 0.4) is 0 Å². The fraction of sp³-hybridized carbons (Fsp3) is 0.316. The molecule has 0 atom stereocenters. The molecule has 3 heterocycles. The number of morpholine rings is 1. The molecule has 0 spiro atoms. The summed E-state index contributed by atoms with van der Waals surface area (Å²) in [5.74, 6) is -1.15. The summed E-state index contributed by atoms with van der Waals surface area (Å²) in [6, 6.07) is 5.95. The quantitative estimate of drug-likeness (QED) is 0.521. The van der Waals surface area contributed by atoms with Crippen molar-refractivity contribution in [3.05, 3.63) is 47.7 Å². The molecule has 12 heteroatoms. The second-order valence-electron chi connectivity index (χ2n) is 6.76. The number of fused-ring (bicyclic) bond motifs is 1. The van der Waals surface area contributed by atoms with Crippen LogP contribution < -0.4 is 5.32 Å². The Bertz CT molecular complexity index is 1170. The van der Waals surface area contributed by atoms with Gasteiger partial charge in [-0.25, -0.2) is 13.4 Å². The molecule has 0 bridgehead atoms. The van der Waals surface area contributed by atoms with Crippen molar-refractivity contribution in [1.82, 2.24) is 13.7 Å². The number of anilines is 1. The van der Waals surface area contributed by atoms with Crippen molar-refractivity contribution in [1.29, 1.82) is 0 Å². The maximum absolute atomic E-state index is 12.7.